The molecule has 0 spiro atoms. The quantitative estimate of drug-likeness (QED) is 0.615. The summed E-state index contributed by atoms with van der Waals surface area (Å²) in [6, 6.07) is 0. The molecule has 94 valence electrons. The Morgan fingerprint density at radius 1 is 0.688 bits per heavy atom. The van der Waals surface area contributed by atoms with Crippen molar-refractivity contribution in [3.8, 4) is 0 Å². The van der Waals surface area contributed by atoms with Crippen LogP contribution in [-0.2, 0) is 4.79 Å². The molecular formula is C14H27NO. The summed E-state index contributed by atoms with van der Waals surface area (Å²) in [5, 5.41) is 0. The van der Waals surface area contributed by atoms with Crippen LogP contribution in [-0.4, -0.2) is 23.9 Å². The van der Waals surface area contributed by atoms with E-state index in [1.54, 1.807) is 6.92 Å². The van der Waals surface area contributed by atoms with Gasteiger partial charge in [-0.25, -0.2) is 0 Å². The van der Waals surface area contributed by atoms with Crippen LogP contribution in [0.5, 0.6) is 0 Å². The molecule has 16 heavy (non-hydrogen) atoms. The Bertz CT molecular complexity index is 177. The molecule has 1 rings (SSSR count). The number of hydrogen-bond acceptors (Lipinski definition) is 1. The first-order chi connectivity index (χ1) is 7.80. The highest BCUT2D eigenvalue weighted by atomic mass is 16.2. The van der Waals surface area contributed by atoms with Gasteiger partial charge < -0.3 is 4.90 Å². The van der Waals surface area contributed by atoms with E-state index in [0.29, 0.717) is 0 Å². The maximum Gasteiger partial charge on any atom is 0.219 e. The van der Waals surface area contributed by atoms with Crippen LogP contribution in [0.4, 0.5) is 0 Å². The molecule has 0 N–H and O–H groups in total. The predicted octanol–water partition coefficient (Wildman–Crippen LogP) is 3.75. The molecule has 2 heteroatoms. The van der Waals surface area contributed by atoms with E-state index in [4.69, 9.17) is 0 Å². The van der Waals surface area contributed by atoms with Crippen LogP contribution in [0.1, 0.15) is 71.1 Å². The number of carbonyl (C=O) groups excluding carboxylic acids is 1. The van der Waals surface area contributed by atoms with Gasteiger partial charge in [0.1, 0.15) is 0 Å². The summed E-state index contributed by atoms with van der Waals surface area (Å²) in [6.45, 7) is 3.67. The monoisotopic (exact) mass is 225 g/mol. The van der Waals surface area contributed by atoms with E-state index in [9.17, 15) is 4.79 Å². The first-order valence-corrected chi connectivity index (χ1v) is 7.06. The minimum atomic E-state index is 0.259. The summed E-state index contributed by atoms with van der Waals surface area (Å²) in [5.41, 5.74) is 0. The van der Waals surface area contributed by atoms with Crippen molar-refractivity contribution in [2.45, 2.75) is 71.1 Å². The highest BCUT2D eigenvalue weighted by Gasteiger charge is 2.07. The van der Waals surface area contributed by atoms with Crippen molar-refractivity contribution >= 4 is 5.91 Å². The Balaban J connectivity index is 2.29. The minimum absolute atomic E-state index is 0.259. The summed E-state index contributed by atoms with van der Waals surface area (Å²) < 4.78 is 0. The Hall–Kier alpha value is -0.530. The number of amides is 1. The second kappa shape index (κ2) is 8.60. The maximum absolute atomic E-state index is 11.4. The van der Waals surface area contributed by atoms with Crippen molar-refractivity contribution in [1.82, 2.24) is 4.90 Å². The molecule has 1 heterocycles. The van der Waals surface area contributed by atoms with E-state index in [0.717, 1.165) is 13.1 Å². The third-order valence-corrected chi connectivity index (χ3v) is 3.55. The molecule has 1 aliphatic heterocycles. The van der Waals surface area contributed by atoms with Gasteiger partial charge >= 0.3 is 0 Å². The normalized spacial score (nSPS) is 21.7. The lowest BCUT2D eigenvalue weighted by Crippen LogP contribution is -2.30. The first kappa shape index (κ1) is 13.5. The molecule has 1 amide bonds. The van der Waals surface area contributed by atoms with Crippen molar-refractivity contribution in [2.24, 2.45) is 0 Å². The molecule has 1 aliphatic rings. The third kappa shape index (κ3) is 6.14. The molecule has 0 aromatic heterocycles. The summed E-state index contributed by atoms with van der Waals surface area (Å²) in [7, 11) is 0. The zero-order chi connectivity index (χ0) is 11.6. The van der Waals surface area contributed by atoms with Gasteiger partial charge in [0.25, 0.3) is 0 Å². The fourth-order valence-corrected chi connectivity index (χ4v) is 2.45. The number of carbonyl (C=O) groups is 1. The summed E-state index contributed by atoms with van der Waals surface area (Å²) in [6.07, 6.45) is 13.3. The van der Waals surface area contributed by atoms with Gasteiger partial charge in [-0.2, -0.15) is 0 Å². The highest BCUT2D eigenvalue weighted by Crippen LogP contribution is 2.13. The van der Waals surface area contributed by atoms with E-state index in [1.807, 2.05) is 4.90 Å². The van der Waals surface area contributed by atoms with Gasteiger partial charge in [-0.1, -0.05) is 51.4 Å². The molecule has 0 aromatic rings. The van der Waals surface area contributed by atoms with Crippen LogP contribution in [0.2, 0.25) is 0 Å². The Morgan fingerprint density at radius 3 is 1.31 bits per heavy atom. The molecule has 0 saturated carbocycles. The van der Waals surface area contributed by atoms with Gasteiger partial charge in [0, 0.05) is 20.0 Å². The van der Waals surface area contributed by atoms with Crippen LogP contribution >= 0.6 is 0 Å². The van der Waals surface area contributed by atoms with E-state index < -0.39 is 0 Å². The third-order valence-electron chi connectivity index (χ3n) is 3.55. The lowest BCUT2D eigenvalue weighted by atomic mass is 10.1. The number of hydrogen-bond donors (Lipinski definition) is 0. The Kier molecular flexibility index (Phi) is 7.28. The van der Waals surface area contributed by atoms with Crippen LogP contribution < -0.4 is 0 Å². The SMILES string of the molecule is CC(=O)N1CCCCCCCCCCCC1. The molecule has 0 radical (unpaired) electrons. The molecule has 0 unspecified atom stereocenters. The van der Waals surface area contributed by atoms with Gasteiger partial charge in [0.2, 0.25) is 5.91 Å². The standard InChI is InChI=1S/C14H27NO/c1-14(16)15-12-10-8-6-4-2-3-5-7-9-11-13-15/h2-13H2,1H3. The topological polar surface area (TPSA) is 20.3 Å². The molecular weight excluding hydrogens is 198 g/mol. The van der Waals surface area contributed by atoms with Gasteiger partial charge in [-0.15, -0.1) is 0 Å². The van der Waals surface area contributed by atoms with E-state index >= 15 is 0 Å². The average molecular weight is 225 g/mol. The fraction of sp³-hybridized carbons (Fsp3) is 0.929. The van der Waals surface area contributed by atoms with Gasteiger partial charge in [0.15, 0.2) is 0 Å². The van der Waals surface area contributed by atoms with Gasteiger partial charge in [0.05, 0.1) is 0 Å². The van der Waals surface area contributed by atoms with Gasteiger partial charge in [-0.05, 0) is 12.8 Å². The summed E-state index contributed by atoms with van der Waals surface area (Å²) in [5.74, 6) is 0.259. The van der Waals surface area contributed by atoms with Crippen molar-refractivity contribution in [3.05, 3.63) is 0 Å². The average Bonchev–Trinajstić information content (AvgIpc) is 2.28. The largest absolute Gasteiger partial charge is 0.343 e. The van der Waals surface area contributed by atoms with Crippen molar-refractivity contribution in [3.63, 3.8) is 0 Å². The van der Waals surface area contributed by atoms with Crippen LogP contribution in [0.15, 0.2) is 0 Å². The predicted molar refractivity (Wildman–Crippen MR) is 68.4 cm³/mol. The fourth-order valence-electron chi connectivity index (χ4n) is 2.45. The maximum atomic E-state index is 11.4. The van der Waals surface area contributed by atoms with Crippen LogP contribution in [0.3, 0.4) is 0 Å². The molecule has 1 fully saturated rings. The molecule has 0 bridgehead atoms. The Morgan fingerprint density at radius 2 is 1.00 bits per heavy atom. The second-order valence-corrected chi connectivity index (χ2v) is 5.04. The molecule has 2 nitrogen and oxygen atoms in total. The first-order valence-electron chi connectivity index (χ1n) is 7.06. The zero-order valence-electron chi connectivity index (χ0n) is 10.8. The van der Waals surface area contributed by atoms with Crippen molar-refractivity contribution in [1.29, 1.82) is 0 Å². The van der Waals surface area contributed by atoms with Gasteiger partial charge in [-0.3, -0.25) is 4.79 Å². The van der Waals surface area contributed by atoms with Crippen LogP contribution in [0, 0.1) is 0 Å². The lowest BCUT2D eigenvalue weighted by Gasteiger charge is -2.20. The lowest BCUT2D eigenvalue weighted by molar-refractivity contribution is -0.129. The van der Waals surface area contributed by atoms with E-state index in [1.165, 1.54) is 64.2 Å². The molecule has 0 atom stereocenters. The molecule has 1 saturated heterocycles. The van der Waals surface area contributed by atoms with E-state index in [-0.39, 0.29) is 5.91 Å². The molecule has 0 aromatic carbocycles. The smallest absolute Gasteiger partial charge is 0.219 e. The summed E-state index contributed by atoms with van der Waals surface area (Å²) >= 11 is 0. The zero-order valence-corrected chi connectivity index (χ0v) is 10.8. The van der Waals surface area contributed by atoms with Crippen LogP contribution in [0.25, 0.3) is 0 Å². The number of rotatable bonds is 0. The van der Waals surface area contributed by atoms with E-state index in [2.05, 4.69) is 0 Å². The van der Waals surface area contributed by atoms with Crippen molar-refractivity contribution < 1.29 is 4.79 Å². The second-order valence-electron chi connectivity index (χ2n) is 5.04. The highest BCUT2D eigenvalue weighted by molar-refractivity contribution is 5.73. The minimum Gasteiger partial charge on any atom is -0.343 e. The molecule has 0 aliphatic carbocycles. The summed E-state index contributed by atoms with van der Waals surface area (Å²) in [4.78, 5) is 13.4. The Labute approximate surface area is 100 Å². The number of nitrogens with zero attached hydrogens (tertiary/aromatic N) is 1. The van der Waals surface area contributed by atoms with Crippen molar-refractivity contribution in [2.75, 3.05) is 13.1 Å².